The number of pyridine rings is 2. The van der Waals surface area contributed by atoms with Gasteiger partial charge in [0.15, 0.2) is 5.78 Å². The van der Waals surface area contributed by atoms with Gasteiger partial charge in [-0.1, -0.05) is 17.7 Å². The van der Waals surface area contributed by atoms with E-state index in [9.17, 15) is 13.6 Å². The first-order chi connectivity index (χ1) is 15.4. The number of aromatic nitrogens is 2. The highest BCUT2D eigenvalue weighted by molar-refractivity contribution is 6.06. The summed E-state index contributed by atoms with van der Waals surface area (Å²) in [4.78, 5) is 22.2. The lowest BCUT2D eigenvalue weighted by Crippen LogP contribution is -2.52. The minimum atomic E-state index is -0.828. The van der Waals surface area contributed by atoms with Crippen molar-refractivity contribution in [1.29, 1.82) is 0 Å². The normalized spacial score (nSPS) is 20.7. The van der Waals surface area contributed by atoms with Gasteiger partial charge in [0.25, 0.3) is 0 Å². The lowest BCUT2D eigenvalue weighted by atomic mass is 9.73. The number of halogens is 2. The molecule has 1 aliphatic rings. The van der Waals surface area contributed by atoms with Crippen LogP contribution in [0.2, 0.25) is 0 Å². The first kappa shape index (κ1) is 22.0. The summed E-state index contributed by atoms with van der Waals surface area (Å²) in [6.45, 7) is 4.55. The van der Waals surface area contributed by atoms with Crippen LogP contribution in [0.3, 0.4) is 0 Å². The molecule has 166 valence electrons. The quantitative estimate of drug-likeness (QED) is 0.564. The highest BCUT2D eigenvalue weighted by Gasteiger charge is 2.43. The molecule has 0 unspecified atom stereocenters. The smallest absolute Gasteiger partial charge is 0.213 e. The van der Waals surface area contributed by atoms with Gasteiger partial charge >= 0.3 is 0 Å². The largest absolute Gasteiger partial charge is 0.477 e. The summed E-state index contributed by atoms with van der Waals surface area (Å²) in [6, 6.07) is 11.5. The summed E-state index contributed by atoms with van der Waals surface area (Å²) in [5, 5.41) is 3.40. The van der Waals surface area contributed by atoms with Crippen molar-refractivity contribution < 1.29 is 18.3 Å². The van der Waals surface area contributed by atoms with Crippen molar-refractivity contribution >= 4 is 5.78 Å². The highest BCUT2D eigenvalue weighted by atomic mass is 19.1. The number of Topliss-reactive ketones (excluding diaryl/α,β-unsaturated/α-hetero) is 1. The predicted molar refractivity (Wildman–Crippen MR) is 118 cm³/mol. The summed E-state index contributed by atoms with van der Waals surface area (Å²) in [7, 11) is 0. The van der Waals surface area contributed by atoms with Crippen LogP contribution < -0.4 is 10.1 Å². The number of ketones is 1. The Bertz CT molecular complexity index is 1090. The molecule has 3 heterocycles. The Balaban J connectivity index is 1.70. The van der Waals surface area contributed by atoms with Gasteiger partial charge in [-0.05, 0) is 51.0 Å². The molecule has 1 fully saturated rings. The summed E-state index contributed by atoms with van der Waals surface area (Å²) in [5.41, 5.74) is 1.82. The van der Waals surface area contributed by atoms with Crippen molar-refractivity contribution in [1.82, 2.24) is 15.3 Å². The van der Waals surface area contributed by atoms with Gasteiger partial charge in [0, 0.05) is 29.8 Å². The molecule has 32 heavy (non-hydrogen) atoms. The monoisotopic (exact) mass is 437 g/mol. The number of aryl methyl sites for hydroxylation is 1. The van der Waals surface area contributed by atoms with E-state index in [2.05, 4.69) is 22.2 Å². The summed E-state index contributed by atoms with van der Waals surface area (Å²) >= 11 is 0. The van der Waals surface area contributed by atoms with Gasteiger partial charge in [0.1, 0.15) is 18.2 Å². The Morgan fingerprint density at radius 2 is 1.88 bits per heavy atom. The fourth-order valence-corrected chi connectivity index (χ4v) is 3.99. The fraction of sp³-hybridized carbons (Fsp3) is 0.320. The molecular weight excluding hydrogens is 412 g/mol. The molecular formula is C25H25F2N3O2. The number of piperidine rings is 1. The minimum absolute atomic E-state index is 0.0659. The highest BCUT2D eigenvalue weighted by Crippen LogP contribution is 2.36. The van der Waals surface area contributed by atoms with Crippen molar-refractivity contribution in [2.45, 2.75) is 32.7 Å². The van der Waals surface area contributed by atoms with Crippen molar-refractivity contribution in [2.75, 3.05) is 13.2 Å². The molecule has 0 aliphatic carbocycles. The zero-order chi connectivity index (χ0) is 22.7. The van der Waals surface area contributed by atoms with E-state index >= 15 is 0 Å². The van der Waals surface area contributed by atoms with Crippen LogP contribution in [0, 0.1) is 24.0 Å². The number of carbonyl (C=O) groups is 1. The van der Waals surface area contributed by atoms with E-state index in [0.717, 1.165) is 24.4 Å². The number of hydrogen-bond acceptors (Lipinski definition) is 5. The molecule has 2 atom stereocenters. The molecule has 3 aromatic rings. The Labute approximate surface area is 185 Å². The first-order valence-electron chi connectivity index (χ1n) is 10.6. The number of ether oxygens (including phenoxy) is 1. The zero-order valence-electron chi connectivity index (χ0n) is 18.1. The molecule has 4 rings (SSSR count). The zero-order valence-corrected chi connectivity index (χ0v) is 18.1. The molecule has 0 spiro atoms. The number of nitrogens with zero attached hydrogens (tertiary/aromatic N) is 2. The first-order valence-corrected chi connectivity index (χ1v) is 10.6. The van der Waals surface area contributed by atoms with Crippen molar-refractivity contribution in [3.8, 4) is 17.1 Å². The molecule has 7 heteroatoms. The molecule has 1 aromatic carbocycles. The second-order valence-corrected chi connectivity index (χ2v) is 8.44. The van der Waals surface area contributed by atoms with Crippen LogP contribution in [0.25, 0.3) is 11.3 Å². The van der Waals surface area contributed by atoms with E-state index in [1.807, 2.05) is 25.1 Å². The van der Waals surface area contributed by atoms with Crippen LogP contribution in [0.4, 0.5) is 8.78 Å². The van der Waals surface area contributed by atoms with Crippen LogP contribution in [0.1, 0.15) is 35.7 Å². The van der Waals surface area contributed by atoms with E-state index in [1.54, 1.807) is 6.07 Å². The lowest BCUT2D eigenvalue weighted by Gasteiger charge is -2.38. The second kappa shape index (κ2) is 9.12. The van der Waals surface area contributed by atoms with E-state index in [0.29, 0.717) is 29.8 Å². The van der Waals surface area contributed by atoms with Crippen LogP contribution in [-0.2, 0) is 0 Å². The third kappa shape index (κ3) is 4.67. The Hall–Kier alpha value is -3.19. The summed E-state index contributed by atoms with van der Waals surface area (Å²) in [6.07, 6.45) is 3.67. The second-order valence-electron chi connectivity index (χ2n) is 8.44. The number of carbonyl (C=O) groups excluding carboxylic acids is 1. The van der Waals surface area contributed by atoms with Gasteiger partial charge in [0.05, 0.1) is 23.5 Å². The predicted octanol–water partition coefficient (Wildman–Crippen LogP) is 4.75. The topological polar surface area (TPSA) is 64.1 Å². The average molecular weight is 437 g/mol. The Morgan fingerprint density at radius 1 is 1.12 bits per heavy atom. The van der Waals surface area contributed by atoms with E-state index in [4.69, 9.17) is 4.74 Å². The minimum Gasteiger partial charge on any atom is -0.477 e. The molecule has 1 N–H and O–H groups in total. The third-order valence-electron chi connectivity index (χ3n) is 5.95. The SMILES string of the molecule is Cc1ccc(-c2ccc(F)cn2)c(C(=O)[C@]2(COc3ccc(F)cn3)CC[C@@H](C)NC2)c1. The van der Waals surface area contributed by atoms with Crippen molar-refractivity contribution in [3.63, 3.8) is 0 Å². The van der Waals surface area contributed by atoms with Crippen LogP contribution in [0.15, 0.2) is 54.9 Å². The summed E-state index contributed by atoms with van der Waals surface area (Å²) < 4.78 is 32.5. The van der Waals surface area contributed by atoms with Gasteiger partial charge in [-0.25, -0.2) is 13.8 Å². The van der Waals surface area contributed by atoms with Gasteiger partial charge in [-0.15, -0.1) is 0 Å². The number of benzene rings is 1. The fourth-order valence-electron chi connectivity index (χ4n) is 3.99. The van der Waals surface area contributed by atoms with E-state index < -0.39 is 17.0 Å². The van der Waals surface area contributed by atoms with Crippen LogP contribution >= 0.6 is 0 Å². The molecule has 0 saturated carbocycles. The van der Waals surface area contributed by atoms with Crippen LogP contribution in [0.5, 0.6) is 5.88 Å². The maximum atomic E-state index is 14.0. The van der Waals surface area contributed by atoms with Gasteiger partial charge in [-0.2, -0.15) is 0 Å². The molecule has 1 saturated heterocycles. The average Bonchev–Trinajstić information content (AvgIpc) is 2.80. The van der Waals surface area contributed by atoms with E-state index in [-0.39, 0.29) is 24.3 Å². The standard InChI is InChI=1S/C25H25F2N3O2/c1-16-3-6-20(22-7-4-18(26)12-28-22)21(11-16)24(31)25(10-9-17(2)30-14-25)15-32-23-8-5-19(27)13-29-23/h3-8,11-13,17,30H,9-10,14-15H2,1-2H3/t17-,25-/m1/s1. The van der Waals surface area contributed by atoms with Crippen molar-refractivity contribution in [3.05, 3.63) is 77.6 Å². The molecule has 0 amide bonds. The van der Waals surface area contributed by atoms with Gasteiger partial charge < -0.3 is 10.1 Å². The number of hydrogen-bond donors (Lipinski definition) is 1. The maximum absolute atomic E-state index is 14.0. The van der Waals surface area contributed by atoms with Gasteiger partial charge in [-0.3, -0.25) is 9.78 Å². The van der Waals surface area contributed by atoms with Crippen molar-refractivity contribution in [2.24, 2.45) is 5.41 Å². The maximum Gasteiger partial charge on any atom is 0.213 e. The lowest BCUT2D eigenvalue weighted by molar-refractivity contribution is 0.0559. The molecule has 0 bridgehead atoms. The van der Waals surface area contributed by atoms with Gasteiger partial charge in [0.2, 0.25) is 5.88 Å². The Kier molecular flexibility index (Phi) is 6.28. The summed E-state index contributed by atoms with van der Waals surface area (Å²) in [5.74, 6) is -0.686. The molecule has 0 radical (unpaired) electrons. The molecule has 2 aromatic heterocycles. The molecule has 5 nitrogen and oxygen atoms in total. The number of nitrogens with one attached hydrogen (secondary N) is 1. The van der Waals surface area contributed by atoms with Crippen LogP contribution in [-0.4, -0.2) is 34.9 Å². The third-order valence-corrected chi connectivity index (χ3v) is 5.95. The number of rotatable bonds is 6. The van der Waals surface area contributed by atoms with E-state index in [1.165, 1.54) is 18.2 Å². The molecule has 1 aliphatic heterocycles. The Morgan fingerprint density at radius 3 is 2.50 bits per heavy atom.